The molecule has 2 rings (SSSR count). The molecule has 1 aromatic carbocycles. The van der Waals surface area contributed by atoms with E-state index in [-0.39, 0.29) is 11.5 Å². The normalized spacial score (nSPS) is 19.3. The van der Waals surface area contributed by atoms with Gasteiger partial charge in [0.15, 0.2) is 9.84 Å². The van der Waals surface area contributed by atoms with E-state index in [9.17, 15) is 8.42 Å². The van der Waals surface area contributed by atoms with E-state index in [0.29, 0.717) is 13.1 Å². The van der Waals surface area contributed by atoms with Crippen LogP contribution in [0.5, 0.6) is 0 Å². The zero-order valence-corrected chi connectivity index (χ0v) is 12.2. The molecule has 17 heavy (non-hydrogen) atoms. The second-order valence-corrected chi connectivity index (χ2v) is 7.27. The third kappa shape index (κ3) is 3.01. The molecule has 1 aliphatic rings. The first-order chi connectivity index (χ1) is 8.02. The van der Waals surface area contributed by atoms with Crippen LogP contribution in [0.4, 0.5) is 5.69 Å². The molecule has 1 fully saturated rings. The van der Waals surface area contributed by atoms with Crippen LogP contribution in [-0.2, 0) is 15.2 Å². The van der Waals surface area contributed by atoms with Gasteiger partial charge in [-0.05, 0) is 18.6 Å². The van der Waals surface area contributed by atoms with Gasteiger partial charge in [-0.25, -0.2) is 8.42 Å². The lowest BCUT2D eigenvalue weighted by Gasteiger charge is -2.30. The number of aryl methyl sites for hydroxylation is 1. The summed E-state index contributed by atoms with van der Waals surface area (Å²) >= 11 is 3.49. The van der Waals surface area contributed by atoms with E-state index in [2.05, 4.69) is 46.0 Å². The Balaban J connectivity index is 2.24. The zero-order valence-electron chi connectivity index (χ0n) is 9.82. The monoisotopic (exact) mass is 317 g/mol. The van der Waals surface area contributed by atoms with Crippen LogP contribution in [0.2, 0.25) is 0 Å². The molecule has 3 nitrogen and oxygen atoms in total. The van der Waals surface area contributed by atoms with Crippen LogP contribution < -0.4 is 4.90 Å². The molecule has 1 aromatic rings. The van der Waals surface area contributed by atoms with Crippen LogP contribution in [0.25, 0.3) is 0 Å². The maximum absolute atomic E-state index is 11.4. The highest BCUT2D eigenvalue weighted by molar-refractivity contribution is 9.08. The fourth-order valence-corrected chi connectivity index (χ4v) is 3.73. The van der Waals surface area contributed by atoms with Gasteiger partial charge in [-0.15, -0.1) is 0 Å². The number of rotatable bonds is 2. The van der Waals surface area contributed by atoms with Crippen molar-refractivity contribution >= 4 is 31.5 Å². The van der Waals surface area contributed by atoms with Crippen molar-refractivity contribution in [2.24, 2.45) is 0 Å². The summed E-state index contributed by atoms with van der Waals surface area (Å²) in [5, 5.41) is 0.799. The predicted octanol–water partition coefficient (Wildman–Crippen LogP) is 2.12. The molecule has 0 amide bonds. The molecule has 0 aliphatic carbocycles. The summed E-state index contributed by atoms with van der Waals surface area (Å²) in [6.45, 7) is 3.27. The van der Waals surface area contributed by atoms with Crippen LogP contribution in [0, 0.1) is 6.92 Å². The summed E-state index contributed by atoms with van der Waals surface area (Å²) in [6.07, 6.45) is 0. The summed E-state index contributed by atoms with van der Waals surface area (Å²) < 4.78 is 22.8. The van der Waals surface area contributed by atoms with E-state index in [0.717, 1.165) is 11.0 Å². The molecule has 0 bridgehead atoms. The fourth-order valence-electron chi connectivity index (χ4n) is 2.08. The summed E-state index contributed by atoms with van der Waals surface area (Å²) in [5.74, 6) is 0.533. The van der Waals surface area contributed by atoms with Crippen molar-refractivity contribution in [3.8, 4) is 0 Å². The summed E-state index contributed by atoms with van der Waals surface area (Å²) in [5.41, 5.74) is 3.61. The van der Waals surface area contributed by atoms with E-state index in [1.165, 1.54) is 11.1 Å². The van der Waals surface area contributed by atoms with Crippen LogP contribution in [0.1, 0.15) is 11.1 Å². The number of nitrogens with zero attached hydrogens (tertiary/aromatic N) is 1. The van der Waals surface area contributed by atoms with Crippen LogP contribution in [0.3, 0.4) is 0 Å². The largest absolute Gasteiger partial charge is 0.369 e. The van der Waals surface area contributed by atoms with Gasteiger partial charge in [-0.2, -0.15) is 0 Å². The first-order valence-electron chi connectivity index (χ1n) is 5.63. The number of hydrogen-bond acceptors (Lipinski definition) is 3. The van der Waals surface area contributed by atoms with Gasteiger partial charge in [0.1, 0.15) is 0 Å². The highest BCUT2D eigenvalue weighted by Gasteiger charge is 2.22. The lowest BCUT2D eigenvalue weighted by molar-refractivity contribution is 0.586. The minimum absolute atomic E-state index is 0.266. The van der Waals surface area contributed by atoms with Crippen LogP contribution in [0.15, 0.2) is 18.2 Å². The molecule has 0 radical (unpaired) electrons. The Morgan fingerprint density at radius 1 is 1.29 bits per heavy atom. The molecule has 0 N–H and O–H groups in total. The van der Waals surface area contributed by atoms with E-state index in [1.807, 2.05) is 0 Å². The molecule has 1 aliphatic heterocycles. The lowest BCUT2D eigenvalue weighted by Crippen LogP contribution is -2.40. The van der Waals surface area contributed by atoms with Crippen LogP contribution >= 0.6 is 15.9 Å². The third-order valence-corrected chi connectivity index (χ3v) is 5.28. The number of hydrogen-bond donors (Lipinski definition) is 0. The van der Waals surface area contributed by atoms with Crippen molar-refractivity contribution in [2.75, 3.05) is 29.5 Å². The molecule has 0 unspecified atom stereocenters. The Kier molecular flexibility index (Phi) is 3.78. The summed E-state index contributed by atoms with van der Waals surface area (Å²) in [4.78, 5) is 2.16. The van der Waals surface area contributed by atoms with Gasteiger partial charge in [0.25, 0.3) is 0 Å². The van der Waals surface area contributed by atoms with E-state index < -0.39 is 9.84 Å². The molecule has 94 valence electrons. The number of anilines is 1. The van der Waals surface area contributed by atoms with Gasteiger partial charge in [0.2, 0.25) is 0 Å². The molecule has 0 saturated carbocycles. The highest BCUT2D eigenvalue weighted by Crippen LogP contribution is 2.25. The molecular weight excluding hydrogens is 302 g/mol. The Bertz CT molecular complexity index is 499. The number of halogens is 1. The van der Waals surface area contributed by atoms with E-state index in [4.69, 9.17) is 0 Å². The summed E-state index contributed by atoms with van der Waals surface area (Å²) in [7, 11) is -2.80. The Labute approximate surface area is 111 Å². The van der Waals surface area contributed by atoms with E-state index in [1.54, 1.807) is 0 Å². The zero-order chi connectivity index (χ0) is 12.5. The first kappa shape index (κ1) is 12.9. The topological polar surface area (TPSA) is 37.4 Å². The molecule has 5 heteroatoms. The van der Waals surface area contributed by atoms with E-state index >= 15 is 0 Å². The number of alkyl halides is 1. The van der Waals surface area contributed by atoms with Gasteiger partial charge in [0, 0.05) is 24.1 Å². The second kappa shape index (κ2) is 4.98. The number of sulfone groups is 1. The van der Waals surface area contributed by atoms with Crippen molar-refractivity contribution < 1.29 is 8.42 Å². The standard InChI is InChI=1S/C12H16BrNO2S/c1-10-2-3-12(11(8-10)9-13)14-4-6-17(15,16)7-5-14/h2-3,8H,4-7,9H2,1H3. The van der Waals surface area contributed by atoms with Crippen molar-refractivity contribution in [3.63, 3.8) is 0 Å². The second-order valence-electron chi connectivity index (χ2n) is 4.40. The highest BCUT2D eigenvalue weighted by atomic mass is 79.9. The summed E-state index contributed by atoms with van der Waals surface area (Å²) in [6, 6.07) is 6.31. The van der Waals surface area contributed by atoms with Crippen molar-refractivity contribution in [1.29, 1.82) is 0 Å². The van der Waals surface area contributed by atoms with Gasteiger partial charge in [-0.3, -0.25) is 0 Å². The number of benzene rings is 1. The fraction of sp³-hybridized carbons (Fsp3) is 0.500. The Morgan fingerprint density at radius 3 is 2.53 bits per heavy atom. The molecular formula is C12H16BrNO2S. The van der Waals surface area contributed by atoms with Gasteiger partial charge in [0.05, 0.1) is 11.5 Å². The van der Waals surface area contributed by atoms with Crippen molar-refractivity contribution in [2.45, 2.75) is 12.3 Å². The maximum Gasteiger partial charge on any atom is 0.153 e. The van der Waals surface area contributed by atoms with Crippen molar-refractivity contribution in [1.82, 2.24) is 0 Å². The molecule has 1 heterocycles. The van der Waals surface area contributed by atoms with Gasteiger partial charge < -0.3 is 4.90 Å². The average Bonchev–Trinajstić information content (AvgIpc) is 2.29. The van der Waals surface area contributed by atoms with Gasteiger partial charge in [-0.1, -0.05) is 33.6 Å². The lowest BCUT2D eigenvalue weighted by atomic mass is 10.1. The van der Waals surface area contributed by atoms with Crippen LogP contribution in [-0.4, -0.2) is 33.0 Å². The Hall–Kier alpha value is -0.550. The third-order valence-electron chi connectivity index (χ3n) is 3.06. The smallest absolute Gasteiger partial charge is 0.153 e. The SMILES string of the molecule is Cc1ccc(N2CCS(=O)(=O)CC2)c(CBr)c1. The molecule has 0 atom stereocenters. The first-order valence-corrected chi connectivity index (χ1v) is 8.57. The Morgan fingerprint density at radius 2 is 1.94 bits per heavy atom. The minimum atomic E-state index is -2.80. The molecule has 0 spiro atoms. The van der Waals surface area contributed by atoms with Gasteiger partial charge >= 0.3 is 0 Å². The quantitative estimate of drug-likeness (QED) is 0.784. The average molecular weight is 318 g/mol. The molecule has 0 aromatic heterocycles. The minimum Gasteiger partial charge on any atom is -0.369 e. The predicted molar refractivity (Wildman–Crippen MR) is 74.7 cm³/mol. The maximum atomic E-state index is 11.4. The van der Waals surface area contributed by atoms with Crippen molar-refractivity contribution in [3.05, 3.63) is 29.3 Å². The molecule has 1 saturated heterocycles.